The molecule has 1 aliphatic rings. The zero-order chi connectivity index (χ0) is 9.26. The summed E-state index contributed by atoms with van der Waals surface area (Å²) in [6.45, 7) is 0. The first kappa shape index (κ1) is 9.18. The first-order valence-corrected chi connectivity index (χ1v) is 5.39. The highest BCUT2D eigenvalue weighted by molar-refractivity contribution is 7.27. The first-order valence-electron chi connectivity index (χ1n) is 4.81. The van der Waals surface area contributed by atoms with Crippen LogP contribution in [0.25, 0.3) is 0 Å². The van der Waals surface area contributed by atoms with Gasteiger partial charge in [0.1, 0.15) is 0 Å². The highest BCUT2D eigenvalue weighted by atomic mass is 31.0. The van der Waals surface area contributed by atoms with Crippen molar-refractivity contribution in [2.24, 2.45) is 0 Å². The molecule has 1 aromatic carbocycles. The highest BCUT2D eigenvalue weighted by Gasteiger charge is 2.27. The summed E-state index contributed by atoms with van der Waals surface area (Å²) < 4.78 is 0. The molecule has 0 radical (unpaired) electrons. The number of benzene rings is 1. The quantitative estimate of drug-likeness (QED) is 0.676. The van der Waals surface area contributed by atoms with Crippen LogP contribution in [-0.2, 0) is 0 Å². The van der Waals surface area contributed by atoms with Crippen LogP contribution >= 0.6 is 9.24 Å². The lowest BCUT2D eigenvalue weighted by atomic mass is 9.96. The Morgan fingerprint density at radius 3 is 2.62 bits per heavy atom. The molecule has 0 aliphatic heterocycles. The fourth-order valence-electron chi connectivity index (χ4n) is 2.15. The van der Waals surface area contributed by atoms with Crippen LogP contribution in [0.1, 0.15) is 30.7 Å². The van der Waals surface area contributed by atoms with Crippen molar-refractivity contribution in [3.8, 4) is 0 Å². The Labute approximate surface area is 81.4 Å². The standard InChI is InChI=1S/C11H15OP/c12-10-6-3-5-8(10)9-4-1-2-7-11(9)13/h1-2,4,7-8,10,12H,3,5-6,13H2/t8-,10+/m1/s1. The summed E-state index contributed by atoms with van der Waals surface area (Å²) in [4.78, 5) is 0. The molecule has 1 aromatic rings. The molecule has 70 valence electrons. The van der Waals surface area contributed by atoms with Crippen LogP contribution in [0.3, 0.4) is 0 Å². The molecular weight excluding hydrogens is 179 g/mol. The molecule has 3 atom stereocenters. The van der Waals surface area contributed by atoms with Crippen LogP contribution in [0.4, 0.5) is 0 Å². The van der Waals surface area contributed by atoms with Crippen molar-refractivity contribution in [2.45, 2.75) is 31.3 Å². The Morgan fingerprint density at radius 1 is 1.23 bits per heavy atom. The molecule has 0 aromatic heterocycles. The van der Waals surface area contributed by atoms with Crippen molar-refractivity contribution in [1.82, 2.24) is 0 Å². The highest BCUT2D eigenvalue weighted by Crippen LogP contribution is 2.34. The minimum absolute atomic E-state index is 0.123. The summed E-state index contributed by atoms with van der Waals surface area (Å²) in [5, 5.41) is 11.0. The van der Waals surface area contributed by atoms with Gasteiger partial charge in [-0.1, -0.05) is 30.7 Å². The van der Waals surface area contributed by atoms with Gasteiger partial charge < -0.3 is 5.11 Å². The van der Waals surface area contributed by atoms with E-state index in [1.54, 1.807) is 0 Å². The molecule has 0 heterocycles. The average Bonchev–Trinajstić information content (AvgIpc) is 2.52. The molecule has 2 heteroatoms. The van der Waals surface area contributed by atoms with Gasteiger partial charge in [0.25, 0.3) is 0 Å². The van der Waals surface area contributed by atoms with Crippen molar-refractivity contribution in [2.75, 3.05) is 0 Å². The molecule has 1 aliphatic carbocycles. The summed E-state index contributed by atoms with van der Waals surface area (Å²) in [6, 6.07) is 8.30. The third-order valence-corrected chi connectivity index (χ3v) is 3.40. The van der Waals surface area contributed by atoms with Crippen molar-refractivity contribution in [1.29, 1.82) is 0 Å². The largest absolute Gasteiger partial charge is 0.392 e. The predicted molar refractivity (Wildman–Crippen MR) is 58.4 cm³/mol. The van der Waals surface area contributed by atoms with E-state index in [0.717, 1.165) is 19.3 Å². The summed E-state index contributed by atoms with van der Waals surface area (Å²) in [5.41, 5.74) is 1.30. The number of aliphatic hydroxyl groups is 1. The second-order valence-corrected chi connectivity index (χ2v) is 4.36. The van der Waals surface area contributed by atoms with Crippen molar-refractivity contribution >= 4 is 14.5 Å². The third kappa shape index (κ3) is 1.77. The molecule has 0 spiro atoms. The maximum atomic E-state index is 9.76. The molecule has 1 N–H and O–H groups in total. The summed E-state index contributed by atoms with van der Waals surface area (Å²) in [5.74, 6) is 0.369. The fraction of sp³-hybridized carbons (Fsp3) is 0.455. The number of rotatable bonds is 1. The van der Waals surface area contributed by atoms with Gasteiger partial charge in [0.15, 0.2) is 0 Å². The van der Waals surface area contributed by atoms with E-state index in [1.807, 2.05) is 12.1 Å². The van der Waals surface area contributed by atoms with Crippen LogP contribution in [-0.4, -0.2) is 11.2 Å². The van der Waals surface area contributed by atoms with Gasteiger partial charge >= 0.3 is 0 Å². The minimum Gasteiger partial charge on any atom is -0.392 e. The van der Waals surface area contributed by atoms with Gasteiger partial charge in [0, 0.05) is 5.92 Å². The maximum Gasteiger partial charge on any atom is 0.0608 e. The molecule has 1 fully saturated rings. The van der Waals surface area contributed by atoms with E-state index in [4.69, 9.17) is 0 Å². The van der Waals surface area contributed by atoms with Crippen molar-refractivity contribution in [3.63, 3.8) is 0 Å². The number of hydrogen-bond donors (Lipinski definition) is 1. The van der Waals surface area contributed by atoms with Gasteiger partial charge in [-0.05, 0) is 23.7 Å². The SMILES string of the molecule is O[C@H]1CCC[C@@H]1c1ccccc1P. The lowest BCUT2D eigenvalue weighted by Gasteiger charge is -2.16. The Bertz CT molecular complexity index is 298. The molecule has 2 rings (SSSR count). The average molecular weight is 194 g/mol. The molecule has 1 saturated carbocycles. The maximum absolute atomic E-state index is 9.76. The monoisotopic (exact) mass is 194 g/mol. The van der Waals surface area contributed by atoms with Gasteiger partial charge in [-0.3, -0.25) is 0 Å². The van der Waals surface area contributed by atoms with Crippen molar-refractivity contribution in [3.05, 3.63) is 29.8 Å². The van der Waals surface area contributed by atoms with Gasteiger partial charge in [0.2, 0.25) is 0 Å². The van der Waals surface area contributed by atoms with Crippen molar-refractivity contribution < 1.29 is 5.11 Å². The third-order valence-electron chi connectivity index (χ3n) is 2.87. The smallest absolute Gasteiger partial charge is 0.0608 e. The van der Waals surface area contributed by atoms with E-state index in [-0.39, 0.29) is 6.10 Å². The Balaban J connectivity index is 2.29. The first-order chi connectivity index (χ1) is 6.29. The van der Waals surface area contributed by atoms with E-state index in [2.05, 4.69) is 21.4 Å². The zero-order valence-electron chi connectivity index (χ0n) is 7.61. The van der Waals surface area contributed by atoms with Crippen LogP contribution in [0, 0.1) is 0 Å². The molecule has 13 heavy (non-hydrogen) atoms. The summed E-state index contributed by atoms with van der Waals surface area (Å²) in [7, 11) is 2.75. The normalized spacial score (nSPS) is 27.8. The predicted octanol–water partition coefficient (Wildman–Crippen LogP) is 1.82. The van der Waals surface area contributed by atoms with Gasteiger partial charge in [-0.15, -0.1) is 9.24 Å². The molecule has 0 amide bonds. The van der Waals surface area contributed by atoms with Gasteiger partial charge in [-0.25, -0.2) is 0 Å². The van der Waals surface area contributed by atoms with E-state index >= 15 is 0 Å². The number of hydrogen-bond acceptors (Lipinski definition) is 1. The lowest BCUT2D eigenvalue weighted by Crippen LogP contribution is -2.16. The second-order valence-electron chi connectivity index (χ2n) is 3.73. The van der Waals surface area contributed by atoms with Crippen LogP contribution in [0.15, 0.2) is 24.3 Å². The Hall–Kier alpha value is -0.390. The summed E-state index contributed by atoms with van der Waals surface area (Å²) >= 11 is 0. The molecule has 0 bridgehead atoms. The van der Waals surface area contributed by atoms with E-state index in [9.17, 15) is 5.11 Å². The molecule has 1 unspecified atom stereocenters. The van der Waals surface area contributed by atoms with Crippen LogP contribution in [0.2, 0.25) is 0 Å². The van der Waals surface area contributed by atoms with E-state index < -0.39 is 0 Å². The Morgan fingerprint density at radius 2 is 2.00 bits per heavy atom. The van der Waals surface area contributed by atoms with Gasteiger partial charge in [0.05, 0.1) is 6.10 Å². The lowest BCUT2D eigenvalue weighted by molar-refractivity contribution is 0.164. The Kier molecular flexibility index (Phi) is 2.66. The second kappa shape index (κ2) is 3.77. The number of aliphatic hydroxyl groups excluding tert-OH is 1. The van der Waals surface area contributed by atoms with Crippen LogP contribution < -0.4 is 5.30 Å². The zero-order valence-corrected chi connectivity index (χ0v) is 8.76. The fourth-order valence-corrected chi connectivity index (χ4v) is 2.57. The molecule has 1 nitrogen and oxygen atoms in total. The molecular formula is C11H15OP. The minimum atomic E-state index is -0.123. The summed E-state index contributed by atoms with van der Waals surface area (Å²) in [6.07, 6.45) is 3.13. The van der Waals surface area contributed by atoms with E-state index in [0.29, 0.717) is 5.92 Å². The van der Waals surface area contributed by atoms with Crippen LogP contribution in [0.5, 0.6) is 0 Å². The van der Waals surface area contributed by atoms with Gasteiger partial charge in [-0.2, -0.15) is 0 Å². The van der Waals surface area contributed by atoms with E-state index in [1.165, 1.54) is 10.9 Å². The molecule has 0 saturated heterocycles. The topological polar surface area (TPSA) is 20.2 Å².